The van der Waals surface area contributed by atoms with E-state index >= 15 is 0 Å². The molecule has 0 unspecified atom stereocenters. The lowest BCUT2D eigenvalue weighted by atomic mass is 10.1. The summed E-state index contributed by atoms with van der Waals surface area (Å²) in [4.78, 5) is 3.93. The highest BCUT2D eigenvalue weighted by molar-refractivity contribution is 6.30. The van der Waals surface area contributed by atoms with Gasteiger partial charge in [-0.25, -0.2) is 18.3 Å². The van der Waals surface area contributed by atoms with E-state index in [1.807, 2.05) is 20.8 Å². The quantitative estimate of drug-likeness (QED) is 0.822. The van der Waals surface area contributed by atoms with E-state index in [9.17, 15) is 8.78 Å². The molecule has 17 heavy (non-hydrogen) atoms. The Kier molecular flexibility index (Phi) is 3.03. The van der Waals surface area contributed by atoms with Crippen LogP contribution in [0.2, 0.25) is 5.15 Å². The van der Waals surface area contributed by atoms with Crippen molar-refractivity contribution in [1.29, 1.82) is 0 Å². The van der Waals surface area contributed by atoms with Crippen LogP contribution in [0.5, 0.6) is 0 Å². The lowest BCUT2D eigenvalue weighted by molar-refractivity contribution is 0.138. The van der Waals surface area contributed by atoms with Crippen LogP contribution in [-0.4, -0.2) is 14.6 Å². The van der Waals surface area contributed by atoms with E-state index in [2.05, 4.69) is 10.1 Å². The van der Waals surface area contributed by atoms with Crippen molar-refractivity contribution in [3.63, 3.8) is 0 Å². The van der Waals surface area contributed by atoms with Crippen molar-refractivity contribution in [1.82, 2.24) is 14.6 Å². The maximum absolute atomic E-state index is 12.7. The third-order valence-corrected chi connectivity index (χ3v) is 2.81. The van der Waals surface area contributed by atoms with Crippen molar-refractivity contribution in [2.45, 2.75) is 33.1 Å². The van der Waals surface area contributed by atoms with Gasteiger partial charge in [-0.1, -0.05) is 25.4 Å². The summed E-state index contributed by atoms with van der Waals surface area (Å²) in [6.45, 7) is 5.66. The lowest BCUT2D eigenvalue weighted by Gasteiger charge is -2.10. The van der Waals surface area contributed by atoms with E-state index in [-0.39, 0.29) is 5.92 Å². The van der Waals surface area contributed by atoms with E-state index in [0.717, 1.165) is 11.1 Å². The van der Waals surface area contributed by atoms with E-state index in [1.165, 1.54) is 4.52 Å². The van der Waals surface area contributed by atoms with Crippen LogP contribution >= 0.6 is 11.6 Å². The van der Waals surface area contributed by atoms with Gasteiger partial charge in [-0.15, -0.1) is 5.10 Å². The lowest BCUT2D eigenvalue weighted by Crippen LogP contribution is -2.08. The number of aryl methyl sites for hydroxylation is 1. The highest BCUT2D eigenvalue weighted by Crippen LogP contribution is 2.28. The first-order valence-corrected chi connectivity index (χ1v) is 5.63. The Labute approximate surface area is 102 Å². The SMILES string of the molecule is Cc1cc(Cl)n2nc(C(F)F)nc(C(C)C)c12. The first kappa shape index (κ1) is 12.2. The van der Waals surface area contributed by atoms with Gasteiger partial charge in [-0.05, 0) is 24.5 Å². The number of rotatable bonds is 2. The Morgan fingerprint density at radius 2 is 2.00 bits per heavy atom. The second kappa shape index (κ2) is 4.22. The van der Waals surface area contributed by atoms with Crippen LogP contribution in [0.25, 0.3) is 5.52 Å². The van der Waals surface area contributed by atoms with Crippen LogP contribution in [0.3, 0.4) is 0 Å². The van der Waals surface area contributed by atoms with Gasteiger partial charge in [0.25, 0.3) is 6.43 Å². The topological polar surface area (TPSA) is 30.2 Å². The molecule has 2 rings (SSSR count). The number of hydrogen-bond donors (Lipinski definition) is 0. The van der Waals surface area contributed by atoms with Crippen LogP contribution in [-0.2, 0) is 0 Å². The third-order valence-electron chi connectivity index (χ3n) is 2.55. The minimum atomic E-state index is -2.70. The van der Waals surface area contributed by atoms with E-state index in [4.69, 9.17) is 11.6 Å². The second-order valence-corrected chi connectivity index (χ2v) is 4.61. The number of aromatic nitrogens is 3. The van der Waals surface area contributed by atoms with E-state index in [1.54, 1.807) is 6.07 Å². The smallest absolute Gasteiger partial charge is 0.228 e. The first-order chi connectivity index (χ1) is 7.91. The monoisotopic (exact) mass is 259 g/mol. The van der Waals surface area contributed by atoms with Crippen molar-refractivity contribution in [2.75, 3.05) is 0 Å². The molecule has 0 atom stereocenters. The highest BCUT2D eigenvalue weighted by Gasteiger charge is 2.20. The molecular formula is C11H12ClF2N3. The average molecular weight is 260 g/mol. The Morgan fingerprint density at radius 1 is 1.35 bits per heavy atom. The van der Waals surface area contributed by atoms with Gasteiger partial charge in [0.15, 0.2) is 0 Å². The van der Waals surface area contributed by atoms with Crippen LogP contribution in [0.4, 0.5) is 8.78 Å². The van der Waals surface area contributed by atoms with Gasteiger partial charge in [0.2, 0.25) is 5.82 Å². The molecule has 6 heteroatoms. The minimum absolute atomic E-state index is 0.0302. The third kappa shape index (κ3) is 1.99. The van der Waals surface area contributed by atoms with Gasteiger partial charge >= 0.3 is 0 Å². The Hall–Kier alpha value is -1.23. The predicted molar refractivity (Wildman–Crippen MR) is 61.8 cm³/mol. The predicted octanol–water partition coefficient (Wildman–Crippen LogP) is 3.75. The molecule has 0 saturated heterocycles. The van der Waals surface area contributed by atoms with Crippen molar-refractivity contribution < 1.29 is 8.78 Å². The summed E-state index contributed by atoms with van der Waals surface area (Å²) < 4.78 is 26.7. The molecule has 2 aromatic rings. The summed E-state index contributed by atoms with van der Waals surface area (Å²) >= 11 is 5.96. The van der Waals surface area contributed by atoms with E-state index < -0.39 is 12.2 Å². The zero-order chi connectivity index (χ0) is 12.7. The zero-order valence-electron chi connectivity index (χ0n) is 9.71. The summed E-state index contributed by atoms with van der Waals surface area (Å²) in [5, 5.41) is 4.08. The fraction of sp³-hybridized carbons (Fsp3) is 0.455. The molecule has 0 aliphatic heterocycles. The van der Waals surface area contributed by atoms with Crippen molar-refractivity contribution in [3.05, 3.63) is 28.3 Å². The maximum Gasteiger partial charge on any atom is 0.299 e. The van der Waals surface area contributed by atoms with Crippen molar-refractivity contribution in [2.24, 2.45) is 0 Å². The molecule has 0 aromatic carbocycles. The Balaban J connectivity index is 2.83. The van der Waals surface area contributed by atoms with Crippen LogP contribution in [0.1, 0.15) is 43.3 Å². The number of fused-ring (bicyclic) bond motifs is 1. The molecule has 0 spiro atoms. The molecule has 0 aliphatic rings. The summed E-state index contributed by atoms with van der Waals surface area (Å²) in [6.07, 6.45) is -2.70. The van der Waals surface area contributed by atoms with Gasteiger partial charge < -0.3 is 0 Å². The largest absolute Gasteiger partial charge is 0.299 e. The fourth-order valence-electron chi connectivity index (χ4n) is 1.79. The normalized spacial score (nSPS) is 12.0. The number of hydrogen-bond acceptors (Lipinski definition) is 2. The number of alkyl halides is 2. The molecule has 0 fully saturated rings. The van der Waals surface area contributed by atoms with Gasteiger partial charge in [0.1, 0.15) is 5.15 Å². The molecule has 92 valence electrons. The molecular weight excluding hydrogens is 248 g/mol. The molecule has 0 N–H and O–H groups in total. The van der Waals surface area contributed by atoms with Crippen molar-refractivity contribution in [3.8, 4) is 0 Å². The highest BCUT2D eigenvalue weighted by atomic mass is 35.5. The summed E-state index contributed by atoms with van der Waals surface area (Å²) in [7, 11) is 0. The summed E-state index contributed by atoms with van der Waals surface area (Å²) in [5.74, 6) is -0.457. The van der Waals surface area contributed by atoms with E-state index in [0.29, 0.717) is 10.8 Å². The van der Waals surface area contributed by atoms with Gasteiger partial charge in [-0.2, -0.15) is 0 Å². The average Bonchev–Trinajstić information content (AvgIpc) is 2.53. The van der Waals surface area contributed by atoms with Crippen LogP contribution in [0.15, 0.2) is 6.07 Å². The zero-order valence-corrected chi connectivity index (χ0v) is 10.5. The molecule has 0 bridgehead atoms. The molecule has 0 saturated carbocycles. The van der Waals surface area contributed by atoms with Crippen molar-refractivity contribution >= 4 is 17.1 Å². The maximum atomic E-state index is 12.7. The molecule has 3 nitrogen and oxygen atoms in total. The molecule has 2 aromatic heterocycles. The van der Waals surface area contributed by atoms with Gasteiger partial charge in [0.05, 0.1) is 11.2 Å². The van der Waals surface area contributed by atoms with Crippen LogP contribution < -0.4 is 0 Å². The Morgan fingerprint density at radius 3 is 2.53 bits per heavy atom. The minimum Gasteiger partial charge on any atom is -0.228 e. The van der Waals surface area contributed by atoms with Gasteiger partial charge in [0, 0.05) is 0 Å². The fourth-order valence-corrected chi connectivity index (χ4v) is 2.07. The second-order valence-electron chi connectivity index (χ2n) is 4.22. The molecule has 0 amide bonds. The molecule has 0 radical (unpaired) electrons. The Bertz CT molecular complexity index is 563. The van der Waals surface area contributed by atoms with Gasteiger partial charge in [-0.3, -0.25) is 0 Å². The van der Waals surface area contributed by atoms with Crippen LogP contribution in [0, 0.1) is 6.92 Å². The summed E-state index contributed by atoms with van der Waals surface area (Å²) in [5.41, 5.74) is 2.20. The number of nitrogens with zero attached hydrogens (tertiary/aromatic N) is 3. The molecule has 2 heterocycles. The standard InChI is InChI=1S/C11H12ClF2N3/c1-5(2)8-9-6(3)4-7(12)17(9)16-11(15-8)10(13)14/h4-5,10H,1-3H3. The number of halogens is 3. The summed E-state index contributed by atoms with van der Waals surface area (Å²) in [6, 6.07) is 1.70. The molecule has 0 aliphatic carbocycles. The first-order valence-electron chi connectivity index (χ1n) is 5.25.